The van der Waals surface area contributed by atoms with Gasteiger partial charge < -0.3 is 0 Å². The van der Waals surface area contributed by atoms with E-state index < -0.39 is 0 Å². The summed E-state index contributed by atoms with van der Waals surface area (Å²) >= 11 is 3.45. The van der Waals surface area contributed by atoms with E-state index in [0.717, 1.165) is 21.3 Å². The highest BCUT2D eigenvalue weighted by Gasteiger charge is 2.48. The summed E-state index contributed by atoms with van der Waals surface area (Å²) in [5, 5.41) is 0. The van der Waals surface area contributed by atoms with Gasteiger partial charge in [-0.25, -0.2) is 4.90 Å². The standard InChI is InChI=1S/C16H16BrNO2/c1-9-7-11(17)8-10(2)14(9)18-15(19)12-5-3-4-6-13(12)16(18)20/h3-4,7-8,12-13H,5-6H2,1-2H3/t12-,13+. The number of hydrogen-bond donors (Lipinski definition) is 0. The lowest BCUT2D eigenvalue weighted by atomic mass is 9.85. The second-order valence-electron chi connectivity index (χ2n) is 5.56. The van der Waals surface area contributed by atoms with Gasteiger partial charge >= 0.3 is 0 Å². The molecule has 2 atom stereocenters. The van der Waals surface area contributed by atoms with Crippen molar-refractivity contribution in [2.45, 2.75) is 26.7 Å². The number of benzene rings is 1. The summed E-state index contributed by atoms with van der Waals surface area (Å²) in [5.41, 5.74) is 2.66. The van der Waals surface area contributed by atoms with E-state index in [9.17, 15) is 9.59 Å². The van der Waals surface area contributed by atoms with Crippen LogP contribution in [-0.2, 0) is 9.59 Å². The van der Waals surface area contributed by atoms with E-state index in [0.29, 0.717) is 12.8 Å². The largest absolute Gasteiger partial charge is 0.274 e. The Bertz CT molecular complexity index is 586. The van der Waals surface area contributed by atoms with Crippen molar-refractivity contribution < 1.29 is 9.59 Å². The van der Waals surface area contributed by atoms with Gasteiger partial charge in [0.15, 0.2) is 0 Å². The third-order valence-corrected chi connectivity index (χ3v) is 4.64. The average Bonchev–Trinajstić information content (AvgIpc) is 2.64. The SMILES string of the molecule is Cc1cc(Br)cc(C)c1N1C(=O)[C@H]2CC=CC[C@H]2C1=O. The van der Waals surface area contributed by atoms with Gasteiger partial charge in [-0.2, -0.15) is 0 Å². The van der Waals surface area contributed by atoms with Gasteiger partial charge in [-0.05, 0) is 49.9 Å². The van der Waals surface area contributed by atoms with Crippen molar-refractivity contribution in [1.82, 2.24) is 0 Å². The number of imide groups is 1. The lowest BCUT2D eigenvalue weighted by Gasteiger charge is -2.20. The molecule has 0 aromatic heterocycles. The van der Waals surface area contributed by atoms with Crippen molar-refractivity contribution >= 4 is 33.4 Å². The van der Waals surface area contributed by atoms with Gasteiger partial charge in [0.1, 0.15) is 0 Å². The van der Waals surface area contributed by atoms with Crippen LogP contribution in [-0.4, -0.2) is 11.8 Å². The van der Waals surface area contributed by atoms with Crippen molar-refractivity contribution in [3.63, 3.8) is 0 Å². The van der Waals surface area contributed by atoms with Crippen molar-refractivity contribution in [3.8, 4) is 0 Å². The fraction of sp³-hybridized carbons (Fsp3) is 0.375. The zero-order valence-electron chi connectivity index (χ0n) is 11.5. The summed E-state index contributed by atoms with van der Waals surface area (Å²) in [6, 6.07) is 3.90. The van der Waals surface area contributed by atoms with E-state index in [2.05, 4.69) is 15.9 Å². The van der Waals surface area contributed by atoms with Crippen LogP contribution in [0.3, 0.4) is 0 Å². The maximum absolute atomic E-state index is 12.6. The number of aryl methyl sites for hydroxylation is 2. The summed E-state index contributed by atoms with van der Waals surface area (Å²) in [6.45, 7) is 3.88. The van der Waals surface area contributed by atoms with Gasteiger partial charge in [0.25, 0.3) is 0 Å². The van der Waals surface area contributed by atoms with Gasteiger partial charge in [0.2, 0.25) is 11.8 Å². The van der Waals surface area contributed by atoms with Crippen molar-refractivity contribution in [2.24, 2.45) is 11.8 Å². The molecule has 0 spiro atoms. The molecular formula is C16H16BrNO2. The van der Waals surface area contributed by atoms with Crippen LogP contribution in [0.15, 0.2) is 28.8 Å². The summed E-state index contributed by atoms with van der Waals surface area (Å²) in [5.74, 6) is -0.430. The van der Waals surface area contributed by atoms with Crippen molar-refractivity contribution in [2.75, 3.05) is 4.90 Å². The number of carbonyl (C=O) groups is 2. The Hall–Kier alpha value is -1.42. The number of amides is 2. The highest BCUT2D eigenvalue weighted by atomic mass is 79.9. The molecule has 3 nitrogen and oxygen atoms in total. The smallest absolute Gasteiger partial charge is 0.238 e. The highest BCUT2D eigenvalue weighted by molar-refractivity contribution is 9.10. The Morgan fingerprint density at radius 1 is 1.00 bits per heavy atom. The molecule has 1 aromatic carbocycles. The summed E-state index contributed by atoms with van der Waals surface area (Å²) < 4.78 is 0.967. The second kappa shape index (κ2) is 4.85. The molecule has 3 rings (SSSR count). The normalized spacial score (nSPS) is 25.2. The first-order valence-corrected chi connectivity index (χ1v) is 7.59. The first-order chi connectivity index (χ1) is 9.50. The van der Waals surface area contributed by atoms with Crippen LogP contribution in [0.2, 0.25) is 0 Å². The fourth-order valence-electron chi connectivity index (χ4n) is 3.28. The van der Waals surface area contributed by atoms with Crippen LogP contribution < -0.4 is 4.90 Å². The minimum absolute atomic E-state index is 0.0436. The topological polar surface area (TPSA) is 37.4 Å². The summed E-state index contributed by atoms with van der Waals surface area (Å²) in [7, 11) is 0. The number of rotatable bonds is 1. The monoisotopic (exact) mass is 333 g/mol. The summed E-state index contributed by atoms with van der Waals surface area (Å²) in [6.07, 6.45) is 5.38. The van der Waals surface area contributed by atoms with Crippen LogP contribution in [0.1, 0.15) is 24.0 Å². The molecule has 1 aliphatic carbocycles. The van der Waals surface area contributed by atoms with E-state index >= 15 is 0 Å². The van der Waals surface area contributed by atoms with E-state index in [1.807, 2.05) is 38.1 Å². The van der Waals surface area contributed by atoms with Crippen LogP contribution in [0.5, 0.6) is 0 Å². The maximum atomic E-state index is 12.6. The quantitative estimate of drug-likeness (QED) is 0.582. The Morgan fingerprint density at radius 3 is 1.90 bits per heavy atom. The van der Waals surface area contributed by atoms with Gasteiger partial charge in [0.05, 0.1) is 17.5 Å². The Balaban J connectivity index is 2.08. The van der Waals surface area contributed by atoms with E-state index in [-0.39, 0.29) is 23.7 Å². The first kappa shape index (κ1) is 13.6. The molecule has 1 aliphatic heterocycles. The molecule has 1 heterocycles. The minimum Gasteiger partial charge on any atom is -0.274 e. The number of allylic oxidation sites excluding steroid dienone is 2. The van der Waals surface area contributed by atoms with Crippen molar-refractivity contribution in [3.05, 3.63) is 39.9 Å². The first-order valence-electron chi connectivity index (χ1n) is 6.80. The number of carbonyl (C=O) groups excluding carboxylic acids is 2. The zero-order chi connectivity index (χ0) is 14.4. The highest BCUT2D eigenvalue weighted by Crippen LogP contribution is 2.40. The Labute approximate surface area is 126 Å². The molecule has 0 N–H and O–H groups in total. The average molecular weight is 334 g/mol. The van der Waals surface area contributed by atoms with E-state index in [1.54, 1.807) is 0 Å². The van der Waals surface area contributed by atoms with Crippen LogP contribution >= 0.6 is 15.9 Å². The molecule has 0 bridgehead atoms. The third kappa shape index (κ3) is 1.94. The maximum Gasteiger partial charge on any atom is 0.238 e. The number of halogens is 1. The Morgan fingerprint density at radius 2 is 1.45 bits per heavy atom. The molecule has 2 aliphatic rings. The molecule has 0 saturated carbocycles. The number of anilines is 1. The molecule has 1 aromatic rings. The van der Waals surface area contributed by atoms with Gasteiger partial charge in [-0.1, -0.05) is 28.1 Å². The molecule has 1 fully saturated rings. The Kier molecular flexibility index (Phi) is 3.28. The molecule has 20 heavy (non-hydrogen) atoms. The predicted octanol–water partition coefficient (Wildman–Crippen LogP) is 3.52. The van der Waals surface area contributed by atoms with Gasteiger partial charge in [-0.3, -0.25) is 9.59 Å². The lowest BCUT2D eigenvalue weighted by Crippen LogP contribution is -2.32. The molecular weight excluding hydrogens is 318 g/mol. The van der Waals surface area contributed by atoms with Crippen LogP contribution in [0.4, 0.5) is 5.69 Å². The van der Waals surface area contributed by atoms with E-state index in [4.69, 9.17) is 0 Å². The minimum atomic E-state index is -0.171. The number of nitrogens with zero attached hydrogens (tertiary/aromatic N) is 1. The molecule has 2 amide bonds. The fourth-order valence-corrected chi connectivity index (χ4v) is 3.96. The van der Waals surface area contributed by atoms with Crippen LogP contribution in [0, 0.1) is 25.7 Å². The zero-order valence-corrected chi connectivity index (χ0v) is 13.1. The molecule has 4 heteroatoms. The summed E-state index contributed by atoms with van der Waals surface area (Å²) in [4.78, 5) is 26.6. The van der Waals surface area contributed by atoms with Crippen molar-refractivity contribution in [1.29, 1.82) is 0 Å². The molecule has 104 valence electrons. The van der Waals surface area contributed by atoms with Gasteiger partial charge in [-0.15, -0.1) is 0 Å². The van der Waals surface area contributed by atoms with Gasteiger partial charge in [0, 0.05) is 4.47 Å². The number of fused-ring (bicyclic) bond motifs is 1. The lowest BCUT2D eigenvalue weighted by molar-refractivity contribution is -0.122. The number of hydrogen-bond acceptors (Lipinski definition) is 2. The van der Waals surface area contributed by atoms with Crippen LogP contribution in [0.25, 0.3) is 0 Å². The third-order valence-electron chi connectivity index (χ3n) is 4.19. The molecule has 0 radical (unpaired) electrons. The second-order valence-corrected chi connectivity index (χ2v) is 6.47. The molecule has 1 saturated heterocycles. The predicted molar refractivity (Wildman–Crippen MR) is 81.5 cm³/mol. The molecule has 0 unspecified atom stereocenters. The van der Waals surface area contributed by atoms with E-state index in [1.165, 1.54) is 4.90 Å².